The van der Waals surface area contributed by atoms with E-state index in [0.29, 0.717) is 0 Å². The number of benzene rings is 1. The van der Waals surface area contributed by atoms with Gasteiger partial charge in [0.15, 0.2) is 0 Å². The second-order valence-corrected chi connectivity index (χ2v) is 6.19. The van der Waals surface area contributed by atoms with Crippen LogP contribution in [0.4, 0.5) is 19.2 Å². The Kier molecular flexibility index (Phi) is 4.22. The molecule has 1 amide bonds. The van der Waals surface area contributed by atoms with Gasteiger partial charge in [0.05, 0.1) is 5.56 Å². The van der Waals surface area contributed by atoms with Crippen molar-refractivity contribution in [1.29, 1.82) is 0 Å². The highest BCUT2D eigenvalue weighted by atomic mass is 35.5. The Bertz CT molecular complexity index is 865. The van der Waals surface area contributed by atoms with Crippen molar-refractivity contribution >= 4 is 33.4 Å². The van der Waals surface area contributed by atoms with Gasteiger partial charge >= 0.3 is 26.6 Å². The molecule has 0 unspecified atom stereocenters. The summed E-state index contributed by atoms with van der Waals surface area (Å²) in [6.45, 7) is 0. The van der Waals surface area contributed by atoms with Crippen LogP contribution in [0.1, 0.15) is 10.4 Å². The number of anilines is 1. The van der Waals surface area contributed by atoms with E-state index < -0.39 is 38.2 Å². The molecule has 0 fully saturated rings. The normalized spacial score (nSPS) is 12.2. The van der Waals surface area contributed by atoms with Gasteiger partial charge in [-0.05, 0) is 18.2 Å². The van der Waals surface area contributed by atoms with Gasteiger partial charge in [0.25, 0.3) is 5.91 Å². The Morgan fingerprint density at radius 2 is 1.96 bits per heavy atom. The standard InChI is InChI=1S/C10H5ClF3N3O5S/c11-4-1-2-6(18)5(3-4)7(19)15-8-16-17-9(22-8)23(20,21)10(12,13)14/h1-3,18H,(H,15,16,19). The zero-order valence-corrected chi connectivity index (χ0v) is 12.2. The third kappa shape index (κ3) is 3.37. The number of aromatic hydroxyl groups is 1. The first-order chi connectivity index (χ1) is 10.5. The highest BCUT2D eigenvalue weighted by Gasteiger charge is 2.51. The number of phenols is 1. The van der Waals surface area contributed by atoms with E-state index in [2.05, 4.69) is 14.6 Å². The maximum atomic E-state index is 12.3. The van der Waals surface area contributed by atoms with Crippen LogP contribution < -0.4 is 5.32 Å². The van der Waals surface area contributed by atoms with E-state index >= 15 is 0 Å². The van der Waals surface area contributed by atoms with Gasteiger partial charge in [-0.25, -0.2) is 8.42 Å². The first-order valence-electron chi connectivity index (χ1n) is 5.47. The molecular formula is C10H5ClF3N3O5S. The summed E-state index contributed by atoms with van der Waals surface area (Å²) in [4.78, 5) is 11.8. The Labute approximate surface area is 130 Å². The summed E-state index contributed by atoms with van der Waals surface area (Å²) >= 11 is 5.63. The quantitative estimate of drug-likeness (QED) is 0.845. The zero-order chi connectivity index (χ0) is 17.4. The number of carbonyl (C=O) groups is 1. The van der Waals surface area contributed by atoms with Crippen LogP contribution in [0.25, 0.3) is 0 Å². The fourth-order valence-electron chi connectivity index (χ4n) is 1.32. The summed E-state index contributed by atoms with van der Waals surface area (Å²) in [7, 11) is -5.83. The lowest BCUT2D eigenvalue weighted by atomic mass is 10.2. The molecule has 13 heteroatoms. The van der Waals surface area contributed by atoms with Gasteiger partial charge in [-0.1, -0.05) is 21.8 Å². The van der Waals surface area contributed by atoms with Gasteiger partial charge in [-0.2, -0.15) is 13.2 Å². The number of sulfone groups is 1. The summed E-state index contributed by atoms with van der Waals surface area (Å²) in [6, 6.07) is 2.55. The van der Waals surface area contributed by atoms with Crippen molar-refractivity contribution in [3.63, 3.8) is 0 Å². The van der Waals surface area contributed by atoms with E-state index in [-0.39, 0.29) is 10.6 Å². The molecule has 0 atom stereocenters. The van der Waals surface area contributed by atoms with Crippen molar-refractivity contribution in [2.45, 2.75) is 10.7 Å². The summed E-state index contributed by atoms with van der Waals surface area (Å²) in [5.41, 5.74) is -5.97. The van der Waals surface area contributed by atoms with Crippen LogP contribution >= 0.6 is 11.6 Å². The third-order valence-electron chi connectivity index (χ3n) is 2.36. The fourth-order valence-corrected chi connectivity index (χ4v) is 2.03. The molecule has 0 aliphatic heterocycles. The maximum Gasteiger partial charge on any atom is 0.506 e. The fraction of sp³-hybridized carbons (Fsp3) is 0.100. The van der Waals surface area contributed by atoms with Gasteiger partial charge in [0.1, 0.15) is 5.75 Å². The van der Waals surface area contributed by atoms with Gasteiger partial charge in [0.2, 0.25) is 0 Å². The summed E-state index contributed by atoms with van der Waals surface area (Å²) in [5.74, 6) is -1.53. The van der Waals surface area contributed by atoms with Crippen molar-refractivity contribution in [2.75, 3.05) is 5.32 Å². The molecular weight excluding hydrogens is 367 g/mol. The predicted molar refractivity (Wildman–Crippen MR) is 68.6 cm³/mol. The Hall–Kier alpha value is -2.34. The highest BCUT2D eigenvalue weighted by Crippen LogP contribution is 2.30. The average molecular weight is 372 g/mol. The van der Waals surface area contributed by atoms with Crippen LogP contribution in [-0.4, -0.2) is 35.1 Å². The average Bonchev–Trinajstić information content (AvgIpc) is 2.89. The lowest BCUT2D eigenvalue weighted by Crippen LogP contribution is -2.23. The van der Waals surface area contributed by atoms with Crippen molar-refractivity contribution in [2.24, 2.45) is 0 Å². The lowest BCUT2D eigenvalue weighted by molar-refractivity contribution is -0.0449. The van der Waals surface area contributed by atoms with Gasteiger partial charge < -0.3 is 9.52 Å². The Balaban J connectivity index is 2.26. The van der Waals surface area contributed by atoms with E-state index in [1.54, 1.807) is 0 Å². The molecule has 23 heavy (non-hydrogen) atoms. The van der Waals surface area contributed by atoms with E-state index in [0.717, 1.165) is 12.1 Å². The molecule has 1 aromatic heterocycles. The minimum absolute atomic E-state index is 0.0961. The van der Waals surface area contributed by atoms with Gasteiger partial charge in [-0.15, -0.1) is 0 Å². The molecule has 0 spiro atoms. The van der Waals surface area contributed by atoms with E-state index in [1.807, 2.05) is 5.32 Å². The predicted octanol–water partition coefficient (Wildman–Crippen LogP) is 1.97. The van der Waals surface area contributed by atoms with Crippen molar-refractivity contribution in [1.82, 2.24) is 10.2 Å². The number of nitrogens with one attached hydrogen (secondary N) is 1. The van der Waals surface area contributed by atoms with Crippen LogP contribution in [0.5, 0.6) is 5.75 Å². The topological polar surface area (TPSA) is 122 Å². The number of hydrogen-bond donors (Lipinski definition) is 2. The Morgan fingerprint density at radius 1 is 1.30 bits per heavy atom. The molecule has 0 radical (unpaired) electrons. The molecule has 2 N–H and O–H groups in total. The molecule has 1 aromatic carbocycles. The molecule has 1 heterocycles. The molecule has 0 aliphatic carbocycles. The molecule has 2 aromatic rings. The largest absolute Gasteiger partial charge is 0.507 e. The minimum atomic E-state index is -5.83. The van der Waals surface area contributed by atoms with Crippen molar-refractivity contribution < 1.29 is 35.9 Å². The van der Waals surface area contributed by atoms with E-state index in [4.69, 9.17) is 11.6 Å². The molecule has 0 saturated carbocycles. The number of carbonyl (C=O) groups excluding carboxylic acids is 1. The summed E-state index contributed by atoms with van der Waals surface area (Å²) < 4.78 is 63.2. The molecule has 124 valence electrons. The molecule has 0 aliphatic rings. The Morgan fingerprint density at radius 3 is 2.57 bits per heavy atom. The molecule has 2 rings (SSSR count). The number of nitrogens with zero attached hydrogens (tertiary/aromatic N) is 2. The summed E-state index contributed by atoms with van der Waals surface area (Å²) in [5, 5.41) is 15.4. The third-order valence-corrected chi connectivity index (χ3v) is 3.83. The number of amides is 1. The van der Waals surface area contributed by atoms with E-state index in [9.17, 15) is 31.5 Å². The number of phenolic OH excluding ortho intramolecular Hbond substituents is 1. The second-order valence-electron chi connectivity index (χ2n) is 3.94. The van der Waals surface area contributed by atoms with Crippen LogP contribution in [-0.2, 0) is 9.84 Å². The SMILES string of the molecule is O=C(Nc1nnc(S(=O)(=O)C(F)(F)F)o1)c1cc(Cl)ccc1O. The first-order valence-corrected chi connectivity index (χ1v) is 7.33. The highest BCUT2D eigenvalue weighted by molar-refractivity contribution is 7.92. The van der Waals surface area contributed by atoms with Gasteiger partial charge in [-0.3, -0.25) is 10.1 Å². The number of halogens is 4. The number of rotatable bonds is 3. The van der Waals surface area contributed by atoms with Gasteiger partial charge in [0, 0.05) is 5.02 Å². The van der Waals surface area contributed by atoms with Crippen molar-refractivity contribution in [3.8, 4) is 5.75 Å². The molecule has 8 nitrogen and oxygen atoms in total. The molecule has 0 bridgehead atoms. The number of hydrogen-bond acceptors (Lipinski definition) is 7. The van der Waals surface area contributed by atoms with Crippen LogP contribution in [0.2, 0.25) is 5.02 Å². The smallest absolute Gasteiger partial charge is 0.506 e. The maximum absolute atomic E-state index is 12.3. The minimum Gasteiger partial charge on any atom is -0.507 e. The first kappa shape index (κ1) is 17.0. The monoisotopic (exact) mass is 371 g/mol. The van der Waals surface area contributed by atoms with Crippen molar-refractivity contribution in [3.05, 3.63) is 28.8 Å². The lowest BCUT2D eigenvalue weighted by Gasteiger charge is -2.04. The van der Waals surface area contributed by atoms with Crippen LogP contribution in [0.15, 0.2) is 27.8 Å². The molecule has 0 saturated heterocycles. The van der Waals surface area contributed by atoms with Crippen LogP contribution in [0, 0.1) is 0 Å². The zero-order valence-electron chi connectivity index (χ0n) is 10.6. The number of aromatic nitrogens is 2. The second kappa shape index (κ2) is 5.70. The number of alkyl halides is 3. The summed E-state index contributed by atoms with van der Waals surface area (Å²) in [6.07, 6.45) is 0. The van der Waals surface area contributed by atoms with E-state index in [1.165, 1.54) is 6.07 Å². The van der Waals surface area contributed by atoms with Crippen LogP contribution in [0.3, 0.4) is 0 Å².